The first kappa shape index (κ1) is 23.4. The molecule has 7 heteroatoms. The molecule has 4 aromatic rings. The third-order valence-corrected chi connectivity index (χ3v) is 6.01. The van der Waals surface area contributed by atoms with Gasteiger partial charge in [-0.15, -0.1) is 11.3 Å². The summed E-state index contributed by atoms with van der Waals surface area (Å²) in [6.45, 7) is 7.33. The highest BCUT2D eigenvalue weighted by Gasteiger charge is 2.08. The molecule has 2 aromatic heterocycles. The number of aromatic nitrogens is 3. The molecule has 2 aromatic carbocycles. The third-order valence-electron chi connectivity index (χ3n) is 5.19. The van der Waals surface area contributed by atoms with Crippen molar-refractivity contribution in [2.45, 2.75) is 39.8 Å². The quantitative estimate of drug-likeness (QED) is 0.301. The number of anilines is 1. The maximum atomic E-state index is 12.6. The first-order valence-corrected chi connectivity index (χ1v) is 12.1. The summed E-state index contributed by atoms with van der Waals surface area (Å²) in [5, 5.41) is 5.95. The lowest BCUT2D eigenvalue weighted by molar-refractivity contribution is -0.111. The fraction of sp³-hybridized carbons (Fsp3) is 0.222. The molecule has 0 radical (unpaired) electrons. The maximum absolute atomic E-state index is 12.6. The molecule has 174 valence electrons. The Balaban J connectivity index is 1.39. The number of ether oxygens (including phenoxy) is 1. The number of aryl methyl sites for hydroxylation is 1. The van der Waals surface area contributed by atoms with Gasteiger partial charge in [-0.25, -0.2) is 9.97 Å². The number of para-hydroxylation sites is 1. The molecule has 0 fully saturated rings. The Kier molecular flexibility index (Phi) is 7.54. The lowest BCUT2D eigenvalue weighted by Crippen LogP contribution is -2.09. The van der Waals surface area contributed by atoms with E-state index in [0.717, 1.165) is 33.3 Å². The minimum Gasteiger partial charge on any atom is -0.487 e. The van der Waals surface area contributed by atoms with Crippen LogP contribution in [-0.2, 0) is 17.9 Å². The first-order chi connectivity index (χ1) is 16.5. The van der Waals surface area contributed by atoms with E-state index in [1.165, 1.54) is 6.08 Å². The highest BCUT2D eigenvalue weighted by Crippen LogP contribution is 2.22. The molecule has 0 saturated heterocycles. The lowest BCUT2D eigenvalue weighted by Gasteiger charge is -2.11. The van der Waals surface area contributed by atoms with E-state index in [-0.39, 0.29) is 5.91 Å². The number of amides is 1. The molecule has 0 saturated carbocycles. The minimum absolute atomic E-state index is 0.201. The molecule has 6 nitrogen and oxygen atoms in total. The van der Waals surface area contributed by atoms with Crippen LogP contribution < -0.4 is 10.1 Å². The van der Waals surface area contributed by atoms with Crippen molar-refractivity contribution in [3.8, 4) is 5.75 Å². The van der Waals surface area contributed by atoms with Crippen molar-refractivity contribution in [2.24, 2.45) is 0 Å². The van der Waals surface area contributed by atoms with Gasteiger partial charge < -0.3 is 14.6 Å². The van der Waals surface area contributed by atoms with Crippen LogP contribution in [0.25, 0.3) is 6.08 Å². The molecule has 0 aliphatic rings. The molecule has 0 spiro atoms. The topological polar surface area (TPSA) is 69.0 Å². The van der Waals surface area contributed by atoms with E-state index in [9.17, 15) is 4.79 Å². The van der Waals surface area contributed by atoms with Gasteiger partial charge in [0.05, 0.1) is 10.7 Å². The van der Waals surface area contributed by atoms with Gasteiger partial charge in [-0.1, -0.05) is 44.2 Å². The standard InChI is InChI=1S/C27H28N4O2S/c1-19(2)27-28-13-14-31(27)16-21-7-6-9-23(15-21)30-26(32)12-11-22-8-4-5-10-25(22)33-17-24-18-34-20(3)29-24/h4-15,18-19H,16-17H2,1-3H3,(H,30,32)/b12-11+. The molecule has 2 heterocycles. The number of nitrogens with one attached hydrogen (secondary N) is 1. The normalized spacial score (nSPS) is 11.3. The smallest absolute Gasteiger partial charge is 0.248 e. The second kappa shape index (κ2) is 10.9. The van der Waals surface area contributed by atoms with Crippen LogP contribution in [0.15, 0.2) is 72.4 Å². The second-order valence-electron chi connectivity index (χ2n) is 8.28. The van der Waals surface area contributed by atoms with Gasteiger partial charge in [0.15, 0.2) is 0 Å². The van der Waals surface area contributed by atoms with Gasteiger partial charge in [-0.05, 0) is 36.8 Å². The minimum atomic E-state index is -0.201. The summed E-state index contributed by atoms with van der Waals surface area (Å²) < 4.78 is 8.07. The Hall–Kier alpha value is -3.71. The number of rotatable bonds is 9. The number of imidazole rings is 1. The van der Waals surface area contributed by atoms with Crippen molar-refractivity contribution in [3.63, 3.8) is 0 Å². The van der Waals surface area contributed by atoms with Crippen LogP contribution in [0.1, 0.15) is 47.4 Å². The van der Waals surface area contributed by atoms with Gasteiger partial charge in [0.25, 0.3) is 0 Å². The molecular weight excluding hydrogens is 444 g/mol. The van der Waals surface area contributed by atoms with E-state index in [4.69, 9.17) is 4.74 Å². The Bertz CT molecular complexity index is 1290. The van der Waals surface area contributed by atoms with Crippen molar-refractivity contribution in [1.82, 2.24) is 14.5 Å². The highest BCUT2D eigenvalue weighted by atomic mass is 32.1. The van der Waals surface area contributed by atoms with Gasteiger partial charge in [-0.3, -0.25) is 4.79 Å². The second-order valence-corrected chi connectivity index (χ2v) is 9.34. The van der Waals surface area contributed by atoms with E-state index in [1.54, 1.807) is 17.4 Å². The number of hydrogen-bond donors (Lipinski definition) is 1. The number of thiazole rings is 1. The van der Waals surface area contributed by atoms with E-state index < -0.39 is 0 Å². The molecule has 0 bridgehead atoms. The van der Waals surface area contributed by atoms with Gasteiger partial charge >= 0.3 is 0 Å². The van der Waals surface area contributed by atoms with Gasteiger partial charge in [0.1, 0.15) is 18.2 Å². The first-order valence-electron chi connectivity index (χ1n) is 11.2. The zero-order valence-electron chi connectivity index (χ0n) is 19.6. The predicted octanol–water partition coefficient (Wildman–Crippen LogP) is 6.05. The number of carbonyl (C=O) groups is 1. The molecule has 0 aliphatic heterocycles. The molecule has 0 atom stereocenters. The zero-order valence-corrected chi connectivity index (χ0v) is 20.4. The molecular formula is C27H28N4O2S. The largest absolute Gasteiger partial charge is 0.487 e. The van der Waals surface area contributed by atoms with E-state index >= 15 is 0 Å². The molecule has 0 unspecified atom stereocenters. The summed E-state index contributed by atoms with van der Waals surface area (Å²) in [7, 11) is 0. The van der Waals surface area contributed by atoms with E-state index in [1.807, 2.05) is 73.2 Å². The third kappa shape index (κ3) is 6.20. The van der Waals surface area contributed by atoms with Crippen LogP contribution in [0.4, 0.5) is 5.69 Å². The molecule has 34 heavy (non-hydrogen) atoms. The number of hydrogen-bond acceptors (Lipinski definition) is 5. The van der Waals surface area contributed by atoms with E-state index in [2.05, 4.69) is 33.7 Å². The molecule has 4 rings (SSSR count). The van der Waals surface area contributed by atoms with Gasteiger partial charge in [0.2, 0.25) is 5.91 Å². The fourth-order valence-corrected chi connectivity index (χ4v) is 4.22. The number of benzene rings is 2. The van der Waals surface area contributed by atoms with Crippen LogP contribution in [0.5, 0.6) is 5.75 Å². The monoisotopic (exact) mass is 472 g/mol. The molecule has 1 amide bonds. The number of carbonyl (C=O) groups excluding carboxylic acids is 1. The van der Waals surface area contributed by atoms with Crippen molar-refractivity contribution < 1.29 is 9.53 Å². The average Bonchev–Trinajstić information content (AvgIpc) is 3.46. The van der Waals surface area contributed by atoms with Crippen LogP contribution >= 0.6 is 11.3 Å². The maximum Gasteiger partial charge on any atom is 0.248 e. The SMILES string of the molecule is Cc1nc(COc2ccccc2/C=C/C(=O)Nc2cccc(Cn3ccnc3C(C)C)c2)cs1. The van der Waals surface area contributed by atoms with Crippen LogP contribution in [0.2, 0.25) is 0 Å². The van der Waals surface area contributed by atoms with Gasteiger partial charge in [0, 0.05) is 47.6 Å². The summed E-state index contributed by atoms with van der Waals surface area (Å²) in [6.07, 6.45) is 7.10. The summed E-state index contributed by atoms with van der Waals surface area (Å²) in [4.78, 5) is 21.5. The Morgan fingerprint density at radius 2 is 2.06 bits per heavy atom. The Labute approximate surface area is 204 Å². The number of nitrogens with zero attached hydrogens (tertiary/aromatic N) is 3. The zero-order chi connectivity index (χ0) is 23.9. The van der Waals surface area contributed by atoms with Gasteiger partial charge in [-0.2, -0.15) is 0 Å². The van der Waals surface area contributed by atoms with Crippen molar-refractivity contribution in [1.29, 1.82) is 0 Å². The van der Waals surface area contributed by atoms with Crippen LogP contribution in [-0.4, -0.2) is 20.4 Å². The van der Waals surface area contributed by atoms with Crippen LogP contribution in [0, 0.1) is 6.92 Å². The fourth-order valence-electron chi connectivity index (χ4n) is 3.62. The molecule has 1 N–H and O–H groups in total. The molecule has 0 aliphatic carbocycles. The summed E-state index contributed by atoms with van der Waals surface area (Å²) in [5.41, 5.74) is 3.58. The van der Waals surface area contributed by atoms with E-state index in [0.29, 0.717) is 24.8 Å². The highest BCUT2D eigenvalue weighted by molar-refractivity contribution is 7.09. The van der Waals surface area contributed by atoms with Crippen molar-refractivity contribution in [3.05, 3.63) is 100 Å². The average molecular weight is 473 g/mol. The lowest BCUT2D eigenvalue weighted by atomic mass is 10.1. The van der Waals surface area contributed by atoms with Crippen molar-refractivity contribution in [2.75, 3.05) is 5.32 Å². The summed E-state index contributed by atoms with van der Waals surface area (Å²) >= 11 is 1.60. The van der Waals surface area contributed by atoms with Crippen LogP contribution in [0.3, 0.4) is 0 Å². The Morgan fingerprint density at radius 1 is 1.21 bits per heavy atom. The predicted molar refractivity (Wildman–Crippen MR) is 137 cm³/mol. The Morgan fingerprint density at radius 3 is 2.85 bits per heavy atom. The summed E-state index contributed by atoms with van der Waals surface area (Å²) in [6, 6.07) is 15.5. The summed E-state index contributed by atoms with van der Waals surface area (Å²) in [5.74, 6) is 1.90. The van der Waals surface area contributed by atoms with Crippen molar-refractivity contribution >= 4 is 29.0 Å².